The van der Waals surface area contributed by atoms with Crippen molar-refractivity contribution >= 4 is 21.9 Å². The first kappa shape index (κ1) is 12.7. The van der Waals surface area contributed by atoms with Crippen LogP contribution >= 0.6 is 0 Å². The van der Waals surface area contributed by atoms with Gasteiger partial charge in [0.2, 0.25) is 0 Å². The zero-order chi connectivity index (χ0) is 11.3. The molecule has 1 rings (SSSR count). The third-order valence-electron chi connectivity index (χ3n) is 2.72. The third kappa shape index (κ3) is 3.61. The van der Waals surface area contributed by atoms with E-state index in [1.165, 1.54) is 10.7 Å². The monoisotopic (exact) mass is 261 g/mol. The van der Waals surface area contributed by atoms with Crippen LogP contribution < -0.4 is 4.90 Å². The maximum absolute atomic E-state index is 2.46. The second-order valence-electron chi connectivity index (χ2n) is 4.40. The van der Waals surface area contributed by atoms with Gasteiger partial charge in [0.05, 0.1) is 0 Å². The summed E-state index contributed by atoms with van der Waals surface area (Å²) in [6.07, 6.45) is 0. The van der Waals surface area contributed by atoms with Crippen LogP contribution in [-0.4, -0.2) is 29.3 Å². The summed E-state index contributed by atoms with van der Waals surface area (Å²) in [5, 5.41) is 0. The fourth-order valence-corrected chi connectivity index (χ4v) is 4.57. The Kier molecular flexibility index (Phi) is 5.33. The molecule has 0 aliphatic heterocycles. The van der Waals surface area contributed by atoms with Gasteiger partial charge in [0.25, 0.3) is 0 Å². The van der Waals surface area contributed by atoms with Gasteiger partial charge in [-0.1, -0.05) is 0 Å². The van der Waals surface area contributed by atoms with E-state index in [-0.39, 0.29) is 0 Å². The molecule has 0 atom stereocenters. The van der Waals surface area contributed by atoms with Crippen LogP contribution in [0.25, 0.3) is 0 Å². The average molecular weight is 262 g/mol. The van der Waals surface area contributed by atoms with Gasteiger partial charge in [0, 0.05) is 0 Å². The summed E-state index contributed by atoms with van der Waals surface area (Å²) in [7, 11) is 0. The minimum atomic E-state index is -0.949. The van der Waals surface area contributed by atoms with Crippen LogP contribution in [0, 0.1) is 0 Å². The van der Waals surface area contributed by atoms with E-state index in [1.54, 1.807) is 5.56 Å². The van der Waals surface area contributed by atoms with E-state index in [0.29, 0.717) is 0 Å². The molecule has 0 bridgehead atoms. The Balaban J connectivity index is 2.94. The van der Waals surface area contributed by atoms with E-state index in [9.17, 15) is 0 Å². The van der Waals surface area contributed by atoms with Crippen molar-refractivity contribution in [2.75, 3.05) is 18.0 Å². The molecule has 0 amide bonds. The Morgan fingerprint density at radius 2 is 1.67 bits per heavy atom. The van der Waals surface area contributed by atoms with Crippen LogP contribution in [0.3, 0.4) is 0 Å². The molecule has 1 nitrogen and oxygen atoms in total. The Morgan fingerprint density at radius 1 is 1.07 bits per heavy atom. The standard InChI is InChI=1S/C11H16N.2CH3.Ga/c1-4-12(5-2)11-9-7-6-8-10(11)3;;;/h6-9H,3-5H2,1-2H3;2*1H3;. The number of hydrogen-bond acceptors (Lipinski definition) is 1. The molecule has 0 aromatic heterocycles. The normalized spacial score (nSPS) is 10.1. The number of hydrogen-bond donors (Lipinski definition) is 0. The van der Waals surface area contributed by atoms with Gasteiger partial charge in [-0.25, -0.2) is 0 Å². The summed E-state index contributed by atoms with van der Waals surface area (Å²) >= 11 is -0.949. The summed E-state index contributed by atoms with van der Waals surface area (Å²) in [5.41, 5.74) is 7.95. The second kappa shape index (κ2) is 6.28. The Bertz CT molecular complexity index is 292. The summed E-state index contributed by atoms with van der Waals surface area (Å²) in [6.45, 7) is 6.69. The van der Waals surface area contributed by atoms with Crippen molar-refractivity contribution in [2.24, 2.45) is 0 Å². The molecular weight excluding hydrogens is 240 g/mol. The van der Waals surface area contributed by atoms with Crippen LogP contribution in [0.2, 0.25) is 11.0 Å². The fourth-order valence-electron chi connectivity index (χ4n) is 2.00. The summed E-state index contributed by atoms with van der Waals surface area (Å²) in [6, 6.07) is 8.91. The summed E-state index contributed by atoms with van der Waals surface area (Å²) in [4.78, 5) is 3.82. The van der Waals surface area contributed by atoms with Crippen LogP contribution in [0.1, 0.15) is 19.4 Å². The molecule has 0 spiro atoms. The zero-order valence-electron chi connectivity index (χ0n) is 10.5. The van der Waals surface area contributed by atoms with Gasteiger partial charge in [-0.3, -0.25) is 0 Å². The number of anilines is 1. The van der Waals surface area contributed by atoms with Crippen molar-refractivity contribution < 1.29 is 0 Å². The van der Waals surface area contributed by atoms with Crippen LogP contribution in [0.5, 0.6) is 0 Å². The second-order valence-corrected chi connectivity index (χ2v) is 11.1. The molecule has 0 heterocycles. The van der Waals surface area contributed by atoms with E-state index >= 15 is 0 Å². The fraction of sp³-hybridized carbons (Fsp3) is 0.538. The molecule has 0 aliphatic carbocycles. The van der Waals surface area contributed by atoms with Crippen molar-refractivity contribution in [3.8, 4) is 0 Å². The minimum absolute atomic E-state index is 0.949. The Hall–Kier alpha value is -0.344. The third-order valence-corrected chi connectivity index (χ3v) is 5.36. The van der Waals surface area contributed by atoms with Gasteiger partial charge in [0.1, 0.15) is 0 Å². The molecular formula is C13H22GaN. The number of rotatable bonds is 5. The van der Waals surface area contributed by atoms with Gasteiger partial charge in [-0.15, -0.1) is 0 Å². The molecule has 0 aliphatic rings. The molecule has 2 heteroatoms. The van der Waals surface area contributed by atoms with Gasteiger partial charge in [0.15, 0.2) is 0 Å². The van der Waals surface area contributed by atoms with E-state index in [4.69, 9.17) is 0 Å². The Morgan fingerprint density at radius 3 is 2.20 bits per heavy atom. The van der Waals surface area contributed by atoms with E-state index in [0.717, 1.165) is 13.1 Å². The molecule has 0 unspecified atom stereocenters. The van der Waals surface area contributed by atoms with Crippen molar-refractivity contribution in [3.05, 3.63) is 29.8 Å². The van der Waals surface area contributed by atoms with Crippen LogP contribution in [-0.2, 0) is 4.98 Å². The molecule has 1 aromatic rings. The summed E-state index contributed by atoms with van der Waals surface area (Å²) in [5.74, 6) is 0. The van der Waals surface area contributed by atoms with Crippen molar-refractivity contribution in [1.82, 2.24) is 0 Å². The number of para-hydroxylation sites is 1. The quantitative estimate of drug-likeness (QED) is 0.735. The Labute approximate surface area is 99.5 Å². The zero-order valence-corrected chi connectivity index (χ0v) is 12.9. The van der Waals surface area contributed by atoms with Crippen molar-refractivity contribution in [2.45, 2.75) is 29.8 Å². The molecule has 0 fully saturated rings. The number of benzene rings is 1. The van der Waals surface area contributed by atoms with Crippen molar-refractivity contribution in [1.29, 1.82) is 0 Å². The topological polar surface area (TPSA) is 3.24 Å². The molecule has 0 saturated heterocycles. The first-order valence-corrected chi connectivity index (χ1v) is 12.6. The first-order chi connectivity index (χ1) is 7.19. The molecule has 82 valence electrons. The van der Waals surface area contributed by atoms with Crippen LogP contribution in [0.15, 0.2) is 24.3 Å². The van der Waals surface area contributed by atoms with Crippen molar-refractivity contribution in [3.63, 3.8) is 0 Å². The van der Waals surface area contributed by atoms with E-state index in [1.807, 2.05) is 0 Å². The molecule has 0 saturated carbocycles. The SMILES string of the molecule is CCN(CC)c1ccccc1[CH2][Ga]([CH3])[CH3]. The van der Waals surface area contributed by atoms with Gasteiger partial charge in [-0.05, 0) is 0 Å². The predicted octanol–water partition coefficient (Wildman–Crippen LogP) is 3.37. The maximum atomic E-state index is 2.46. The molecule has 1 aromatic carbocycles. The average Bonchev–Trinajstić information content (AvgIpc) is 2.21. The number of nitrogens with zero attached hydrogens (tertiary/aromatic N) is 1. The summed E-state index contributed by atoms with van der Waals surface area (Å²) < 4.78 is 0. The van der Waals surface area contributed by atoms with Gasteiger partial charge in [-0.2, -0.15) is 0 Å². The van der Waals surface area contributed by atoms with E-state index in [2.05, 4.69) is 54.0 Å². The predicted molar refractivity (Wildman–Crippen MR) is 71.2 cm³/mol. The molecule has 15 heavy (non-hydrogen) atoms. The van der Waals surface area contributed by atoms with Crippen LogP contribution in [0.4, 0.5) is 5.69 Å². The molecule has 0 radical (unpaired) electrons. The first-order valence-electron chi connectivity index (χ1n) is 6.01. The van der Waals surface area contributed by atoms with Gasteiger partial charge < -0.3 is 0 Å². The van der Waals surface area contributed by atoms with E-state index < -0.39 is 16.2 Å². The molecule has 0 N–H and O–H groups in total. The van der Waals surface area contributed by atoms with Gasteiger partial charge >= 0.3 is 99.5 Å².